The molecule has 0 aliphatic heterocycles. The lowest BCUT2D eigenvalue weighted by atomic mass is 10.1. The Morgan fingerprint density at radius 3 is 2.74 bits per heavy atom. The molecule has 0 atom stereocenters. The average Bonchev–Trinajstić information content (AvgIpc) is 3.29. The maximum absolute atomic E-state index is 12.2. The Bertz CT molecular complexity index is 716. The zero-order valence-corrected chi connectivity index (χ0v) is 14.0. The van der Waals surface area contributed by atoms with Crippen molar-refractivity contribution in [2.45, 2.75) is 33.2 Å². The van der Waals surface area contributed by atoms with E-state index >= 15 is 0 Å². The summed E-state index contributed by atoms with van der Waals surface area (Å²) in [5.74, 6) is 0.700. The molecular weight excluding hydrogens is 288 g/mol. The fourth-order valence-electron chi connectivity index (χ4n) is 2.63. The molecule has 1 aromatic carbocycles. The molecule has 1 fully saturated rings. The third-order valence-corrected chi connectivity index (χ3v) is 4.31. The predicted octanol–water partition coefficient (Wildman–Crippen LogP) is 2.79. The summed E-state index contributed by atoms with van der Waals surface area (Å²) in [5, 5.41) is 10.8. The van der Waals surface area contributed by atoms with Crippen molar-refractivity contribution in [3.8, 4) is 0 Å². The minimum atomic E-state index is 0.0105. The van der Waals surface area contributed by atoms with Crippen molar-refractivity contribution in [1.29, 1.82) is 0 Å². The van der Waals surface area contributed by atoms with Gasteiger partial charge in [0.05, 0.1) is 17.9 Å². The van der Waals surface area contributed by atoms with Gasteiger partial charge in [-0.2, -0.15) is 5.10 Å². The molecule has 2 aromatic rings. The first kappa shape index (κ1) is 15.6. The fraction of sp³-hybridized carbons (Fsp3) is 0.444. The SMILES string of the molecule is Cc1cc(CNc2cc(C(=O)NCC3CC3)ccc2C)n(C)n1. The quantitative estimate of drug-likeness (QED) is 0.862. The van der Waals surface area contributed by atoms with E-state index in [1.54, 1.807) is 0 Å². The molecule has 1 amide bonds. The number of nitrogens with zero attached hydrogens (tertiary/aromatic N) is 2. The van der Waals surface area contributed by atoms with Gasteiger partial charge in [-0.25, -0.2) is 0 Å². The molecule has 0 spiro atoms. The van der Waals surface area contributed by atoms with Crippen molar-refractivity contribution in [1.82, 2.24) is 15.1 Å². The smallest absolute Gasteiger partial charge is 0.251 e. The molecule has 0 radical (unpaired) electrons. The van der Waals surface area contributed by atoms with Crippen LogP contribution >= 0.6 is 0 Å². The summed E-state index contributed by atoms with van der Waals surface area (Å²) in [4.78, 5) is 12.2. The van der Waals surface area contributed by atoms with E-state index in [4.69, 9.17) is 0 Å². The molecule has 23 heavy (non-hydrogen) atoms. The molecule has 0 bridgehead atoms. The maximum atomic E-state index is 12.2. The predicted molar refractivity (Wildman–Crippen MR) is 91.5 cm³/mol. The van der Waals surface area contributed by atoms with Gasteiger partial charge >= 0.3 is 0 Å². The molecule has 5 heteroatoms. The first-order chi connectivity index (χ1) is 11.0. The second-order valence-corrected chi connectivity index (χ2v) is 6.44. The van der Waals surface area contributed by atoms with E-state index in [-0.39, 0.29) is 5.91 Å². The number of carbonyl (C=O) groups excluding carboxylic acids is 1. The van der Waals surface area contributed by atoms with Gasteiger partial charge in [0, 0.05) is 24.8 Å². The van der Waals surface area contributed by atoms with Crippen LogP contribution in [-0.2, 0) is 13.6 Å². The zero-order valence-electron chi connectivity index (χ0n) is 14.0. The van der Waals surface area contributed by atoms with Gasteiger partial charge in [0.25, 0.3) is 5.91 Å². The van der Waals surface area contributed by atoms with E-state index in [1.165, 1.54) is 12.8 Å². The molecule has 1 saturated carbocycles. The van der Waals surface area contributed by atoms with Gasteiger partial charge in [-0.3, -0.25) is 9.48 Å². The highest BCUT2D eigenvalue weighted by Gasteiger charge is 2.22. The van der Waals surface area contributed by atoms with Crippen LogP contribution in [0.2, 0.25) is 0 Å². The van der Waals surface area contributed by atoms with Gasteiger partial charge in [0.1, 0.15) is 0 Å². The number of hydrogen-bond acceptors (Lipinski definition) is 3. The molecule has 2 N–H and O–H groups in total. The van der Waals surface area contributed by atoms with Crippen molar-refractivity contribution < 1.29 is 4.79 Å². The third kappa shape index (κ3) is 3.92. The summed E-state index contributed by atoms with van der Waals surface area (Å²) in [7, 11) is 1.94. The minimum Gasteiger partial charge on any atom is -0.379 e. The topological polar surface area (TPSA) is 59.0 Å². The first-order valence-electron chi connectivity index (χ1n) is 8.15. The Hall–Kier alpha value is -2.30. The molecule has 3 rings (SSSR count). The highest BCUT2D eigenvalue weighted by atomic mass is 16.1. The van der Waals surface area contributed by atoms with Gasteiger partial charge in [-0.05, 0) is 56.4 Å². The van der Waals surface area contributed by atoms with Gasteiger partial charge in [-0.1, -0.05) is 6.07 Å². The number of hydrogen-bond donors (Lipinski definition) is 2. The third-order valence-electron chi connectivity index (χ3n) is 4.31. The van der Waals surface area contributed by atoms with E-state index in [2.05, 4.69) is 21.8 Å². The monoisotopic (exact) mass is 312 g/mol. The number of aryl methyl sites for hydroxylation is 3. The number of rotatable bonds is 6. The molecule has 1 aliphatic carbocycles. The molecular formula is C18H24N4O. The lowest BCUT2D eigenvalue weighted by Gasteiger charge is -2.12. The Kier molecular flexibility index (Phi) is 4.37. The van der Waals surface area contributed by atoms with E-state index < -0.39 is 0 Å². The molecule has 1 aliphatic rings. The largest absolute Gasteiger partial charge is 0.379 e. The second-order valence-electron chi connectivity index (χ2n) is 6.44. The average molecular weight is 312 g/mol. The van der Waals surface area contributed by atoms with Crippen LogP contribution in [0.15, 0.2) is 24.3 Å². The number of carbonyl (C=O) groups is 1. The number of nitrogens with one attached hydrogen (secondary N) is 2. The van der Waals surface area contributed by atoms with Gasteiger partial charge in [-0.15, -0.1) is 0 Å². The first-order valence-corrected chi connectivity index (χ1v) is 8.15. The molecule has 5 nitrogen and oxygen atoms in total. The number of anilines is 1. The Morgan fingerprint density at radius 1 is 1.30 bits per heavy atom. The van der Waals surface area contributed by atoms with Crippen molar-refractivity contribution in [2.24, 2.45) is 13.0 Å². The number of amides is 1. The van der Waals surface area contributed by atoms with Crippen molar-refractivity contribution in [3.05, 3.63) is 46.8 Å². The highest BCUT2D eigenvalue weighted by Crippen LogP contribution is 2.27. The molecule has 122 valence electrons. The van der Waals surface area contributed by atoms with Crippen molar-refractivity contribution in [2.75, 3.05) is 11.9 Å². The Labute approximate surface area is 137 Å². The van der Waals surface area contributed by atoms with Crippen LogP contribution in [-0.4, -0.2) is 22.2 Å². The minimum absolute atomic E-state index is 0.0105. The second kappa shape index (κ2) is 6.44. The molecule has 1 heterocycles. The van der Waals surface area contributed by atoms with E-state index in [1.807, 2.05) is 43.8 Å². The van der Waals surface area contributed by atoms with E-state index in [9.17, 15) is 4.79 Å². The Morgan fingerprint density at radius 2 is 2.09 bits per heavy atom. The summed E-state index contributed by atoms with van der Waals surface area (Å²) in [5.41, 5.74) is 4.95. The lowest BCUT2D eigenvalue weighted by molar-refractivity contribution is 0.0952. The fourth-order valence-corrected chi connectivity index (χ4v) is 2.63. The van der Waals surface area contributed by atoms with Crippen LogP contribution in [0.5, 0.6) is 0 Å². The summed E-state index contributed by atoms with van der Waals surface area (Å²) >= 11 is 0. The molecule has 0 unspecified atom stereocenters. The maximum Gasteiger partial charge on any atom is 0.251 e. The normalized spacial score (nSPS) is 13.9. The zero-order chi connectivity index (χ0) is 16.4. The summed E-state index contributed by atoms with van der Waals surface area (Å²) in [6, 6.07) is 7.87. The van der Waals surface area contributed by atoms with Crippen LogP contribution in [0.25, 0.3) is 0 Å². The number of benzene rings is 1. The van der Waals surface area contributed by atoms with E-state index in [0.29, 0.717) is 18.0 Å². The van der Waals surface area contributed by atoms with Crippen molar-refractivity contribution >= 4 is 11.6 Å². The van der Waals surface area contributed by atoms with Crippen LogP contribution in [0.3, 0.4) is 0 Å². The van der Waals surface area contributed by atoms with Crippen LogP contribution < -0.4 is 10.6 Å². The van der Waals surface area contributed by atoms with Crippen LogP contribution in [0, 0.1) is 19.8 Å². The van der Waals surface area contributed by atoms with Crippen LogP contribution in [0.4, 0.5) is 5.69 Å². The van der Waals surface area contributed by atoms with Gasteiger partial charge < -0.3 is 10.6 Å². The number of aromatic nitrogens is 2. The summed E-state index contributed by atoms with van der Waals surface area (Å²) in [6.45, 7) is 5.51. The summed E-state index contributed by atoms with van der Waals surface area (Å²) < 4.78 is 1.88. The molecule has 0 saturated heterocycles. The van der Waals surface area contributed by atoms with E-state index in [0.717, 1.165) is 29.2 Å². The molecule has 1 aromatic heterocycles. The van der Waals surface area contributed by atoms with Crippen LogP contribution in [0.1, 0.15) is 40.2 Å². The Balaban J connectivity index is 1.67. The van der Waals surface area contributed by atoms with Gasteiger partial charge in [0.15, 0.2) is 0 Å². The lowest BCUT2D eigenvalue weighted by Crippen LogP contribution is -2.25. The highest BCUT2D eigenvalue weighted by molar-refractivity contribution is 5.95. The standard InChI is InChI=1S/C18H24N4O/c1-12-4-7-15(18(23)20-10-14-5-6-14)9-17(12)19-11-16-8-13(2)21-22(16)3/h4,7-9,14,19H,5-6,10-11H2,1-3H3,(H,20,23). The van der Waals surface area contributed by atoms with Gasteiger partial charge in [0.2, 0.25) is 0 Å². The van der Waals surface area contributed by atoms with Crippen molar-refractivity contribution in [3.63, 3.8) is 0 Å². The summed E-state index contributed by atoms with van der Waals surface area (Å²) in [6.07, 6.45) is 2.48.